The number of aliphatic imine (C=N–C) groups is 1. The summed E-state index contributed by atoms with van der Waals surface area (Å²) in [5, 5.41) is 6.32. The largest absolute Gasteiger partial charge is 0.325 e. The van der Waals surface area contributed by atoms with E-state index in [9.17, 15) is 9.59 Å². The van der Waals surface area contributed by atoms with Gasteiger partial charge in [0, 0.05) is 6.42 Å². The van der Waals surface area contributed by atoms with E-state index in [0.29, 0.717) is 20.9 Å². The maximum absolute atomic E-state index is 12.2. The number of halogens is 2. The number of thioether (sulfide) groups is 1. The van der Waals surface area contributed by atoms with E-state index < -0.39 is 5.25 Å². The second-order valence-corrected chi connectivity index (χ2v) is 8.15. The summed E-state index contributed by atoms with van der Waals surface area (Å²) in [6.45, 7) is 0. The minimum absolute atomic E-state index is 0.0586. The zero-order valence-corrected chi connectivity index (χ0v) is 15.9. The van der Waals surface area contributed by atoms with Gasteiger partial charge in [-0.15, -0.1) is 0 Å². The van der Waals surface area contributed by atoms with E-state index >= 15 is 0 Å². The Morgan fingerprint density at radius 2 is 2.04 bits per heavy atom. The number of hydrogen-bond donors (Lipinski definition) is 2. The van der Waals surface area contributed by atoms with Gasteiger partial charge >= 0.3 is 0 Å². The monoisotopic (exact) mass is 399 g/mol. The summed E-state index contributed by atoms with van der Waals surface area (Å²) in [6, 6.07) is 5.31. The van der Waals surface area contributed by atoms with Crippen LogP contribution in [0.15, 0.2) is 23.2 Å². The van der Waals surface area contributed by atoms with Gasteiger partial charge in [0.05, 0.1) is 21.8 Å². The van der Waals surface area contributed by atoms with Gasteiger partial charge in [-0.2, -0.15) is 0 Å². The Balaban J connectivity index is 1.57. The van der Waals surface area contributed by atoms with E-state index in [1.165, 1.54) is 31.0 Å². The molecule has 2 amide bonds. The Hall–Kier alpha value is -1.24. The normalized spacial score (nSPS) is 22.9. The number of benzene rings is 1. The fourth-order valence-electron chi connectivity index (χ4n) is 2.95. The first-order valence-corrected chi connectivity index (χ1v) is 9.95. The maximum atomic E-state index is 12.2. The Kier molecular flexibility index (Phi) is 6.25. The van der Waals surface area contributed by atoms with Gasteiger partial charge in [0.15, 0.2) is 5.17 Å². The van der Waals surface area contributed by atoms with Crippen molar-refractivity contribution in [1.29, 1.82) is 0 Å². The van der Waals surface area contributed by atoms with E-state index in [-0.39, 0.29) is 24.3 Å². The molecule has 0 radical (unpaired) electrons. The molecule has 3 rings (SSSR count). The van der Waals surface area contributed by atoms with E-state index in [2.05, 4.69) is 15.6 Å². The molecule has 5 nitrogen and oxygen atoms in total. The van der Waals surface area contributed by atoms with Crippen LogP contribution in [-0.2, 0) is 9.59 Å². The predicted molar refractivity (Wildman–Crippen MR) is 104 cm³/mol. The van der Waals surface area contributed by atoms with Crippen molar-refractivity contribution >= 4 is 57.6 Å². The Morgan fingerprint density at radius 3 is 2.80 bits per heavy atom. The summed E-state index contributed by atoms with van der Waals surface area (Å²) < 4.78 is 0. The van der Waals surface area contributed by atoms with Crippen LogP contribution in [0, 0.1) is 0 Å². The fraction of sp³-hybridized carbons (Fsp3) is 0.471. The van der Waals surface area contributed by atoms with Gasteiger partial charge in [-0.25, -0.2) is 0 Å². The van der Waals surface area contributed by atoms with Crippen LogP contribution in [0.5, 0.6) is 0 Å². The van der Waals surface area contributed by atoms with Crippen molar-refractivity contribution in [1.82, 2.24) is 5.32 Å². The minimum Gasteiger partial charge on any atom is -0.325 e. The molecule has 1 saturated carbocycles. The van der Waals surface area contributed by atoms with E-state index in [4.69, 9.17) is 23.2 Å². The molecule has 0 spiro atoms. The molecule has 1 saturated heterocycles. The molecule has 2 fully saturated rings. The third-order valence-electron chi connectivity index (χ3n) is 4.25. The highest BCUT2D eigenvalue weighted by Gasteiger charge is 2.32. The second kappa shape index (κ2) is 8.43. The number of hydrogen-bond acceptors (Lipinski definition) is 4. The van der Waals surface area contributed by atoms with Crippen LogP contribution in [-0.4, -0.2) is 28.3 Å². The Morgan fingerprint density at radius 1 is 1.28 bits per heavy atom. The number of nitrogens with one attached hydrogen (secondary N) is 2. The average Bonchev–Trinajstić information content (AvgIpc) is 2.92. The van der Waals surface area contributed by atoms with E-state index in [1.807, 2.05) is 0 Å². The van der Waals surface area contributed by atoms with Gasteiger partial charge in [0.25, 0.3) is 0 Å². The zero-order chi connectivity index (χ0) is 17.8. The Bertz CT molecular complexity index is 705. The molecule has 25 heavy (non-hydrogen) atoms. The minimum atomic E-state index is -0.472. The molecular formula is C17H19Cl2N3O2S. The first kappa shape index (κ1) is 18.5. The molecule has 1 aromatic carbocycles. The van der Waals surface area contributed by atoms with E-state index in [0.717, 1.165) is 12.8 Å². The number of carbonyl (C=O) groups excluding carboxylic acids is 2. The van der Waals surface area contributed by atoms with Crippen LogP contribution in [0.3, 0.4) is 0 Å². The van der Waals surface area contributed by atoms with Crippen molar-refractivity contribution in [3.8, 4) is 0 Å². The number of anilines is 1. The molecule has 2 aliphatic rings. The van der Waals surface area contributed by atoms with Crippen LogP contribution in [0.4, 0.5) is 5.69 Å². The topological polar surface area (TPSA) is 70.6 Å². The number of carbonyl (C=O) groups is 2. The third kappa shape index (κ3) is 4.90. The lowest BCUT2D eigenvalue weighted by atomic mass is 9.96. The van der Waals surface area contributed by atoms with Crippen LogP contribution >= 0.6 is 35.0 Å². The molecule has 0 aromatic heterocycles. The third-order valence-corrected chi connectivity index (χ3v) is 6.16. The SMILES string of the molecule is O=C(C[C@@H]1SC(=NC2CCCCC2)NC1=O)Nc1cccc(Cl)c1Cl. The summed E-state index contributed by atoms with van der Waals surface area (Å²) in [5.74, 6) is -0.456. The van der Waals surface area contributed by atoms with E-state index in [1.54, 1.807) is 18.2 Å². The van der Waals surface area contributed by atoms with Gasteiger partial charge in [-0.05, 0) is 25.0 Å². The summed E-state index contributed by atoms with van der Waals surface area (Å²) in [6.07, 6.45) is 5.83. The molecule has 1 aliphatic carbocycles. The number of nitrogens with zero attached hydrogens (tertiary/aromatic N) is 1. The molecule has 0 unspecified atom stereocenters. The van der Waals surface area contributed by atoms with Crippen molar-refractivity contribution in [3.05, 3.63) is 28.2 Å². The summed E-state index contributed by atoms with van der Waals surface area (Å²) in [7, 11) is 0. The van der Waals surface area contributed by atoms with Gasteiger partial charge in [-0.1, -0.05) is 60.3 Å². The van der Waals surface area contributed by atoms with Crippen molar-refractivity contribution in [2.24, 2.45) is 4.99 Å². The number of rotatable bonds is 4. The maximum Gasteiger partial charge on any atom is 0.240 e. The summed E-state index contributed by atoms with van der Waals surface area (Å²) >= 11 is 13.3. The molecular weight excluding hydrogens is 381 g/mol. The second-order valence-electron chi connectivity index (χ2n) is 6.18. The van der Waals surface area contributed by atoms with Crippen molar-refractivity contribution in [2.45, 2.75) is 49.8 Å². The van der Waals surface area contributed by atoms with Gasteiger partial charge in [0.2, 0.25) is 11.8 Å². The molecule has 8 heteroatoms. The molecule has 1 heterocycles. The van der Waals surface area contributed by atoms with Gasteiger partial charge < -0.3 is 10.6 Å². The van der Waals surface area contributed by atoms with Crippen LogP contribution in [0.25, 0.3) is 0 Å². The highest BCUT2D eigenvalue weighted by molar-refractivity contribution is 8.15. The average molecular weight is 400 g/mol. The smallest absolute Gasteiger partial charge is 0.240 e. The Labute approximate surface area is 160 Å². The lowest BCUT2D eigenvalue weighted by Crippen LogP contribution is -2.28. The quantitative estimate of drug-likeness (QED) is 0.794. The first-order chi connectivity index (χ1) is 12.0. The predicted octanol–water partition coefficient (Wildman–Crippen LogP) is 4.24. The van der Waals surface area contributed by atoms with Crippen molar-refractivity contribution in [3.63, 3.8) is 0 Å². The van der Waals surface area contributed by atoms with Gasteiger partial charge in [0.1, 0.15) is 5.25 Å². The molecule has 0 bridgehead atoms. The summed E-state index contributed by atoms with van der Waals surface area (Å²) in [4.78, 5) is 29.0. The molecule has 1 aromatic rings. The van der Waals surface area contributed by atoms with Crippen molar-refractivity contribution < 1.29 is 9.59 Å². The highest BCUT2D eigenvalue weighted by Crippen LogP contribution is 2.30. The lowest BCUT2D eigenvalue weighted by molar-refractivity contribution is -0.122. The van der Waals surface area contributed by atoms with Gasteiger partial charge in [-0.3, -0.25) is 14.6 Å². The molecule has 2 N–H and O–H groups in total. The molecule has 134 valence electrons. The zero-order valence-electron chi connectivity index (χ0n) is 13.6. The number of amides is 2. The highest BCUT2D eigenvalue weighted by atomic mass is 35.5. The first-order valence-electron chi connectivity index (χ1n) is 8.32. The van der Waals surface area contributed by atoms with Crippen LogP contribution in [0.2, 0.25) is 10.0 Å². The fourth-order valence-corrected chi connectivity index (χ4v) is 4.33. The summed E-state index contributed by atoms with van der Waals surface area (Å²) in [5.41, 5.74) is 0.443. The lowest BCUT2D eigenvalue weighted by Gasteiger charge is -2.17. The standard InChI is InChI=1S/C17H19Cl2N3O2S/c18-11-7-4-8-12(15(11)19)21-14(23)9-13-16(24)22-17(25-13)20-10-5-2-1-3-6-10/h4,7-8,10,13H,1-3,5-6,9H2,(H,21,23)(H,20,22,24)/t13-/m0/s1. The van der Waals surface area contributed by atoms with Crippen LogP contribution < -0.4 is 10.6 Å². The van der Waals surface area contributed by atoms with Crippen molar-refractivity contribution in [2.75, 3.05) is 5.32 Å². The molecule has 1 aliphatic heterocycles. The number of amidine groups is 1. The van der Waals surface area contributed by atoms with Crippen LogP contribution in [0.1, 0.15) is 38.5 Å². The molecule has 1 atom stereocenters.